The summed E-state index contributed by atoms with van der Waals surface area (Å²) in [6.07, 6.45) is 2.22. The van der Waals surface area contributed by atoms with Gasteiger partial charge in [-0.05, 0) is 25.0 Å². The Bertz CT molecular complexity index is 430. The standard InChI is InChI=1S/C14H22N2O4/c1-4-10(3)12(13(17)18)15-14(19)16(5-2)9-11-7-6-8-20-11/h6-8,10,12H,4-5,9H2,1-3H3,(H,15,19)(H,17,18)/t10?,12-/m0/s1. The summed E-state index contributed by atoms with van der Waals surface area (Å²) in [6, 6.07) is 2.26. The number of carboxylic acid groups (broad SMARTS) is 1. The number of carbonyl (C=O) groups is 2. The van der Waals surface area contributed by atoms with Gasteiger partial charge < -0.3 is 19.7 Å². The average Bonchev–Trinajstić information content (AvgIpc) is 2.93. The molecule has 0 fully saturated rings. The molecule has 0 aliphatic carbocycles. The smallest absolute Gasteiger partial charge is 0.326 e. The molecule has 0 saturated carbocycles. The third kappa shape index (κ3) is 4.29. The summed E-state index contributed by atoms with van der Waals surface area (Å²) in [7, 11) is 0. The molecule has 20 heavy (non-hydrogen) atoms. The Kier molecular flexibility index (Phi) is 6.09. The SMILES string of the molecule is CCC(C)[C@H](NC(=O)N(CC)Cc1ccco1)C(=O)O. The van der Waals surface area contributed by atoms with Crippen molar-refractivity contribution in [2.45, 2.75) is 39.8 Å². The van der Waals surface area contributed by atoms with E-state index in [2.05, 4.69) is 5.32 Å². The molecule has 0 saturated heterocycles. The molecule has 2 atom stereocenters. The second-order valence-corrected chi connectivity index (χ2v) is 4.74. The number of nitrogens with zero attached hydrogens (tertiary/aromatic N) is 1. The fourth-order valence-corrected chi connectivity index (χ4v) is 1.83. The van der Waals surface area contributed by atoms with Gasteiger partial charge in [0.2, 0.25) is 0 Å². The Morgan fingerprint density at radius 1 is 1.45 bits per heavy atom. The Balaban J connectivity index is 2.68. The first kappa shape index (κ1) is 16.1. The Hall–Kier alpha value is -1.98. The molecule has 0 aromatic carbocycles. The molecule has 1 heterocycles. The molecule has 6 nitrogen and oxygen atoms in total. The highest BCUT2D eigenvalue weighted by atomic mass is 16.4. The summed E-state index contributed by atoms with van der Waals surface area (Å²) in [5.41, 5.74) is 0. The minimum atomic E-state index is -1.01. The van der Waals surface area contributed by atoms with Crippen molar-refractivity contribution in [3.05, 3.63) is 24.2 Å². The number of aliphatic carboxylic acids is 1. The summed E-state index contributed by atoms with van der Waals surface area (Å²) in [5.74, 6) is -0.474. The summed E-state index contributed by atoms with van der Waals surface area (Å²) in [5, 5.41) is 11.8. The predicted molar refractivity (Wildman–Crippen MR) is 74.2 cm³/mol. The summed E-state index contributed by atoms with van der Waals surface area (Å²) in [6.45, 7) is 6.33. The maximum atomic E-state index is 12.1. The van der Waals surface area contributed by atoms with Gasteiger partial charge in [0.15, 0.2) is 0 Å². The van der Waals surface area contributed by atoms with Crippen LogP contribution in [0.3, 0.4) is 0 Å². The molecule has 0 radical (unpaired) electrons. The molecule has 2 amide bonds. The van der Waals surface area contributed by atoms with Gasteiger partial charge in [0.1, 0.15) is 11.8 Å². The van der Waals surface area contributed by atoms with Crippen LogP contribution in [0, 0.1) is 5.92 Å². The van der Waals surface area contributed by atoms with Crippen LogP contribution in [0.2, 0.25) is 0 Å². The Morgan fingerprint density at radius 2 is 2.15 bits per heavy atom. The zero-order chi connectivity index (χ0) is 15.1. The number of nitrogens with one attached hydrogen (secondary N) is 1. The third-order valence-electron chi connectivity index (χ3n) is 3.35. The van der Waals surface area contributed by atoms with Crippen LogP contribution in [0.1, 0.15) is 33.0 Å². The van der Waals surface area contributed by atoms with Gasteiger partial charge in [0.05, 0.1) is 12.8 Å². The summed E-state index contributed by atoms with van der Waals surface area (Å²) >= 11 is 0. The van der Waals surface area contributed by atoms with E-state index in [-0.39, 0.29) is 5.92 Å². The van der Waals surface area contributed by atoms with Gasteiger partial charge in [-0.3, -0.25) is 0 Å². The molecule has 1 unspecified atom stereocenters. The molecule has 0 aliphatic heterocycles. The normalized spacial score (nSPS) is 13.6. The van der Waals surface area contributed by atoms with Gasteiger partial charge in [-0.1, -0.05) is 20.3 Å². The van der Waals surface area contributed by atoms with Gasteiger partial charge in [0, 0.05) is 6.54 Å². The van der Waals surface area contributed by atoms with E-state index in [1.54, 1.807) is 18.4 Å². The fourth-order valence-electron chi connectivity index (χ4n) is 1.83. The lowest BCUT2D eigenvalue weighted by Crippen LogP contribution is -2.50. The molecular weight excluding hydrogens is 260 g/mol. The fraction of sp³-hybridized carbons (Fsp3) is 0.571. The minimum absolute atomic E-state index is 0.126. The molecule has 6 heteroatoms. The second-order valence-electron chi connectivity index (χ2n) is 4.74. The highest BCUT2D eigenvalue weighted by Crippen LogP contribution is 2.10. The van der Waals surface area contributed by atoms with E-state index in [1.165, 1.54) is 4.90 Å². The van der Waals surface area contributed by atoms with Crippen molar-refractivity contribution in [3.63, 3.8) is 0 Å². The number of amides is 2. The molecule has 0 bridgehead atoms. The van der Waals surface area contributed by atoms with Crippen molar-refractivity contribution < 1.29 is 19.1 Å². The zero-order valence-corrected chi connectivity index (χ0v) is 12.1. The maximum absolute atomic E-state index is 12.1. The van der Waals surface area contributed by atoms with Crippen molar-refractivity contribution in [1.29, 1.82) is 0 Å². The average molecular weight is 282 g/mol. The molecule has 0 aliphatic rings. The third-order valence-corrected chi connectivity index (χ3v) is 3.35. The van der Waals surface area contributed by atoms with Gasteiger partial charge >= 0.3 is 12.0 Å². The predicted octanol–water partition coefficient (Wildman–Crippen LogP) is 2.31. The first-order valence-electron chi connectivity index (χ1n) is 6.80. The van der Waals surface area contributed by atoms with E-state index in [0.717, 1.165) is 0 Å². The Morgan fingerprint density at radius 3 is 2.60 bits per heavy atom. The van der Waals surface area contributed by atoms with E-state index in [1.807, 2.05) is 20.8 Å². The van der Waals surface area contributed by atoms with Crippen molar-refractivity contribution in [2.75, 3.05) is 6.54 Å². The van der Waals surface area contributed by atoms with Crippen molar-refractivity contribution >= 4 is 12.0 Å². The van der Waals surface area contributed by atoms with Gasteiger partial charge in [-0.15, -0.1) is 0 Å². The maximum Gasteiger partial charge on any atom is 0.326 e. The molecule has 112 valence electrons. The first-order chi connectivity index (χ1) is 9.49. The van der Waals surface area contributed by atoms with Gasteiger partial charge in [-0.2, -0.15) is 0 Å². The monoisotopic (exact) mass is 282 g/mol. The largest absolute Gasteiger partial charge is 0.480 e. The van der Waals surface area contributed by atoms with Crippen molar-refractivity contribution in [1.82, 2.24) is 10.2 Å². The number of urea groups is 1. The zero-order valence-electron chi connectivity index (χ0n) is 12.1. The van der Waals surface area contributed by atoms with Crippen LogP contribution in [0.4, 0.5) is 4.79 Å². The van der Waals surface area contributed by atoms with E-state index in [0.29, 0.717) is 25.3 Å². The topological polar surface area (TPSA) is 82.8 Å². The van der Waals surface area contributed by atoms with Crippen LogP contribution >= 0.6 is 0 Å². The minimum Gasteiger partial charge on any atom is -0.480 e. The molecule has 1 rings (SSSR count). The van der Waals surface area contributed by atoms with E-state index in [9.17, 15) is 14.7 Å². The van der Waals surface area contributed by atoms with Crippen LogP contribution < -0.4 is 5.32 Å². The van der Waals surface area contributed by atoms with Crippen LogP contribution in [0.5, 0.6) is 0 Å². The quantitative estimate of drug-likeness (QED) is 0.804. The lowest BCUT2D eigenvalue weighted by Gasteiger charge is -2.25. The van der Waals surface area contributed by atoms with Crippen LogP contribution in [0.15, 0.2) is 22.8 Å². The second kappa shape index (κ2) is 7.57. The van der Waals surface area contributed by atoms with E-state index < -0.39 is 18.0 Å². The first-order valence-corrected chi connectivity index (χ1v) is 6.80. The number of carboxylic acids is 1. The van der Waals surface area contributed by atoms with E-state index in [4.69, 9.17) is 4.42 Å². The van der Waals surface area contributed by atoms with Crippen LogP contribution in [-0.2, 0) is 11.3 Å². The molecule has 0 spiro atoms. The lowest BCUT2D eigenvalue weighted by atomic mass is 9.99. The highest BCUT2D eigenvalue weighted by molar-refractivity contribution is 5.82. The lowest BCUT2D eigenvalue weighted by molar-refractivity contribution is -0.140. The van der Waals surface area contributed by atoms with Crippen LogP contribution in [-0.4, -0.2) is 34.6 Å². The molecule has 1 aromatic rings. The number of carbonyl (C=O) groups excluding carboxylic acids is 1. The summed E-state index contributed by atoms with van der Waals surface area (Å²) in [4.78, 5) is 24.9. The molecular formula is C14H22N2O4. The van der Waals surface area contributed by atoms with Crippen molar-refractivity contribution in [2.24, 2.45) is 5.92 Å². The van der Waals surface area contributed by atoms with Gasteiger partial charge in [0.25, 0.3) is 0 Å². The summed E-state index contributed by atoms with van der Waals surface area (Å²) < 4.78 is 5.20. The number of hydrogen-bond acceptors (Lipinski definition) is 3. The van der Waals surface area contributed by atoms with E-state index >= 15 is 0 Å². The van der Waals surface area contributed by atoms with Crippen LogP contribution in [0.25, 0.3) is 0 Å². The number of rotatable bonds is 7. The highest BCUT2D eigenvalue weighted by Gasteiger charge is 2.27. The number of hydrogen-bond donors (Lipinski definition) is 2. The number of furan rings is 1. The molecule has 1 aromatic heterocycles. The van der Waals surface area contributed by atoms with Crippen molar-refractivity contribution in [3.8, 4) is 0 Å². The molecule has 2 N–H and O–H groups in total. The Labute approximate surface area is 118 Å². The van der Waals surface area contributed by atoms with Gasteiger partial charge in [-0.25, -0.2) is 9.59 Å².